The maximum atomic E-state index is 11.6. The normalized spacial score (nSPS) is 14.4. The van der Waals surface area contributed by atoms with Crippen molar-refractivity contribution in [1.29, 1.82) is 0 Å². The first-order valence-corrected chi connectivity index (χ1v) is 8.47. The van der Waals surface area contributed by atoms with Crippen LogP contribution in [0.3, 0.4) is 0 Å². The smallest absolute Gasteiger partial charge is 0.313 e. The zero-order chi connectivity index (χ0) is 16.8. The van der Waals surface area contributed by atoms with Crippen molar-refractivity contribution >= 4 is 29.4 Å². The van der Waals surface area contributed by atoms with Gasteiger partial charge in [-0.05, 0) is 43.5 Å². The number of methoxy groups -OCH3 is 1. The number of aliphatic carboxylic acids is 1. The minimum atomic E-state index is -0.842. The Morgan fingerprint density at radius 3 is 2.78 bits per heavy atom. The molecule has 1 aromatic rings. The third-order valence-corrected chi connectivity index (χ3v) is 4.43. The van der Waals surface area contributed by atoms with E-state index >= 15 is 0 Å². The molecular formula is C16H20N2O4S. The SMILES string of the molecule is COc1ccc(/C(C)=N\NC(=O)C2CC2)cc1CSCC(=O)O. The first-order chi connectivity index (χ1) is 11.0. The number of carboxylic acid groups (broad SMARTS) is 1. The Morgan fingerprint density at radius 2 is 2.17 bits per heavy atom. The predicted molar refractivity (Wildman–Crippen MR) is 89.9 cm³/mol. The topological polar surface area (TPSA) is 88.0 Å². The maximum absolute atomic E-state index is 11.6. The van der Waals surface area contributed by atoms with Crippen molar-refractivity contribution in [2.75, 3.05) is 12.9 Å². The highest BCUT2D eigenvalue weighted by Crippen LogP contribution is 2.29. The molecule has 1 aromatic carbocycles. The van der Waals surface area contributed by atoms with E-state index in [4.69, 9.17) is 9.84 Å². The lowest BCUT2D eigenvalue weighted by atomic mass is 10.1. The Labute approximate surface area is 139 Å². The monoisotopic (exact) mass is 336 g/mol. The quantitative estimate of drug-likeness (QED) is 0.561. The average molecular weight is 336 g/mol. The predicted octanol–water partition coefficient (Wildman–Crippen LogP) is 2.26. The van der Waals surface area contributed by atoms with Gasteiger partial charge in [0.05, 0.1) is 18.6 Å². The van der Waals surface area contributed by atoms with Gasteiger partial charge < -0.3 is 9.84 Å². The summed E-state index contributed by atoms with van der Waals surface area (Å²) >= 11 is 1.31. The number of benzene rings is 1. The molecule has 1 saturated carbocycles. The molecule has 0 aromatic heterocycles. The van der Waals surface area contributed by atoms with Crippen LogP contribution in [0.2, 0.25) is 0 Å². The second-order valence-electron chi connectivity index (χ2n) is 5.36. The summed E-state index contributed by atoms with van der Waals surface area (Å²) in [5, 5.41) is 12.9. The molecule has 0 heterocycles. The number of thioether (sulfide) groups is 1. The molecule has 0 unspecified atom stereocenters. The minimum Gasteiger partial charge on any atom is -0.496 e. The van der Waals surface area contributed by atoms with Crippen molar-refractivity contribution in [3.05, 3.63) is 29.3 Å². The van der Waals surface area contributed by atoms with Gasteiger partial charge in [-0.15, -0.1) is 11.8 Å². The molecule has 2 N–H and O–H groups in total. The summed E-state index contributed by atoms with van der Waals surface area (Å²) in [5.41, 5.74) is 5.05. The van der Waals surface area contributed by atoms with Gasteiger partial charge in [-0.2, -0.15) is 5.10 Å². The summed E-state index contributed by atoms with van der Waals surface area (Å²) in [6, 6.07) is 5.61. The summed E-state index contributed by atoms with van der Waals surface area (Å²) in [6.45, 7) is 1.82. The Morgan fingerprint density at radius 1 is 1.43 bits per heavy atom. The largest absolute Gasteiger partial charge is 0.496 e. The molecule has 7 heteroatoms. The lowest BCUT2D eigenvalue weighted by molar-refractivity contribution is -0.134. The molecule has 1 fully saturated rings. The lowest BCUT2D eigenvalue weighted by Gasteiger charge is -2.10. The van der Waals surface area contributed by atoms with Gasteiger partial charge in [0.25, 0.3) is 0 Å². The molecule has 124 valence electrons. The van der Waals surface area contributed by atoms with Crippen molar-refractivity contribution in [1.82, 2.24) is 5.43 Å². The van der Waals surface area contributed by atoms with Crippen molar-refractivity contribution < 1.29 is 19.4 Å². The van der Waals surface area contributed by atoms with Crippen molar-refractivity contribution in [3.63, 3.8) is 0 Å². The van der Waals surface area contributed by atoms with E-state index in [2.05, 4.69) is 10.5 Å². The number of carbonyl (C=O) groups is 2. The molecular weight excluding hydrogens is 316 g/mol. The molecule has 1 aliphatic rings. The highest BCUT2D eigenvalue weighted by atomic mass is 32.2. The van der Waals surface area contributed by atoms with Crippen LogP contribution in [0, 0.1) is 5.92 Å². The van der Waals surface area contributed by atoms with E-state index in [-0.39, 0.29) is 17.6 Å². The van der Waals surface area contributed by atoms with Crippen LogP contribution in [0.15, 0.2) is 23.3 Å². The first-order valence-electron chi connectivity index (χ1n) is 7.32. The number of nitrogens with one attached hydrogen (secondary N) is 1. The molecule has 6 nitrogen and oxygen atoms in total. The summed E-state index contributed by atoms with van der Waals surface area (Å²) < 4.78 is 5.31. The van der Waals surface area contributed by atoms with Gasteiger partial charge in [0.2, 0.25) is 5.91 Å². The van der Waals surface area contributed by atoms with Crippen LogP contribution in [0.1, 0.15) is 30.9 Å². The number of amides is 1. The van der Waals surface area contributed by atoms with Gasteiger partial charge in [-0.1, -0.05) is 0 Å². The van der Waals surface area contributed by atoms with Crippen molar-refractivity contribution in [3.8, 4) is 5.75 Å². The Kier molecular flexibility index (Phi) is 6.04. The molecule has 0 bridgehead atoms. The van der Waals surface area contributed by atoms with Gasteiger partial charge in [-0.3, -0.25) is 9.59 Å². The number of carboxylic acids is 1. The van der Waals surface area contributed by atoms with Crippen molar-refractivity contribution in [2.45, 2.75) is 25.5 Å². The molecule has 0 spiro atoms. The highest BCUT2D eigenvalue weighted by Gasteiger charge is 2.29. The van der Waals surface area contributed by atoms with Crippen LogP contribution in [0.25, 0.3) is 0 Å². The standard InChI is InChI=1S/C16H20N2O4S/c1-10(17-18-16(21)11-3-4-11)12-5-6-14(22-2)13(7-12)8-23-9-15(19)20/h5-7,11H,3-4,8-9H2,1-2H3,(H,18,21)(H,19,20)/b17-10-. The van der Waals surface area contributed by atoms with E-state index < -0.39 is 5.97 Å². The van der Waals surface area contributed by atoms with E-state index in [1.807, 2.05) is 25.1 Å². The number of hydrogen-bond donors (Lipinski definition) is 2. The molecule has 1 amide bonds. The van der Waals surface area contributed by atoms with Crippen LogP contribution >= 0.6 is 11.8 Å². The fourth-order valence-corrected chi connectivity index (χ4v) is 2.73. The van der Waals surface area contributed by atoms with Gasteiger partial charge in [-0.25, -0.2) is 5.43 Å². The average Bonchev–Trinajstić information content (AvgIpc) is 3.36. The minimum absolute atomic E-state index is 0.0323. The van der Waals surface area contributed by atoms with E-state index in [1.165, 1.54) is 11.8 Å². The zero-order valence-corrected chi connectivity index (χ0v) is 14.0. The highest BCUT2D eigenvalue weighted by molar-refractivity contribution is 7.99. The molecule has 2 rings (SSSR count). The maximum Gasteiger partial charge on any atom is 0.313 e. The lowest BCUT2D eigenvalue weighted by Crippen LogP contribution is -2.20. The van der Waals surface area contributed by atoms with Gasteiger partial charge in [0.15, 0.2) is 0 Å². The number of ether oxygens (including phenoxy) is 1. The molecule has 0 radical (unpaired) electrons. The number of hydrazone groups is 1. The van der Waals surface area contributed by atoms with E-state index in [0.717, 1.165) is 24.0 Å². The zero-order valence-electron chi connectivity index (χ0n) is 13.2. The molecule has 1 aliphatic carbocycles. The second kappa shape index (κ2) is 8.01. The van der Waals surface area contributed by atoms with Gasteiger partial charge in [0.1, 0.15) is 5.75 Å². The number of carbonyl (C=O) groups excluding carboxylic acids is 1. The third kappa shape index (κ3) is 5.28. The van der Waals surface area contributed by atoms with E-state index in [1.54, 1.807) is 7.11 Å². The number of rotatable bonds is 8. The first kappa shape index (κ1) is 17.3. The Hall–Kier alpha value is -2.02. The van der Waals surface area contributed by atoms with Crippen LogP contribution in [-0.4, -0.2) is 35.6 Å². The van der Waals surface area contributed by atoms with Crippen LogP contribution < -0.4 is 10.2 Å². The molecule has 23 heavy (non-hydrogen) atoms. The molecule has 0 aliphatic heterocycles. The molecule has 0 saturated heterocycles. The molecule has 0 atom stereocenters. The second-order valence-corrected chi connectivity index (χ2v) is 6.35. The third-order valence-electron chi connectivity index (χ3n) is 3.46. The Bertz CT molecular complexity index is 627. The van der Waals surface area contributed by atoms with Crippen LogP contribution in [0.4, 0.5) is 0 Å². The summed E-state index contributed by atoms with van der Waals surface area (Å²) in [4.78, 5) is 22.2. The Balaban J connectivity index is 2.06. The van der Waals surface area contributed by atoms with Gasteiger partial charge >= 0.3 is 5.97 Å². The van der Waals surface area contributed by atoms with Gasteiger partial charge in [0, 0.05) is 17.2 Å². The van der Waals surface area contributed by atoms with Crippen molar-refractivity contribution in [2.24, 2.45) is 11.0 Å². The fraction of sp³-hybridized carbons (Fsp3) is 0.438. The van der Waals surface area contributed by atoms with E-state index in [0.29, 0.717) is 17.2 Å². The number of hydrogen-bond acceptors (Lipinski definition) is 5. The summed E-state index contributed by atoms with van der Waals surface area (Å²) in [6.07, 6.45) is 1.88. The van der Waals surface area contributed by atoms with Crippen LogP contribution in [0.5, 0.6) is 5.75 Å². The fourth-order valence-electron chi connectivity index (χ4n) is 2.01. The van der Waals surface area contributed by atoms with E-state index in [9.17, 15) is 9.59 Å². The number of nitrogens with zero attached hydrogens (tertiary/aromatic N) is 1. The summed E-state index contributed by atoms with van der Waals surface area (Å²) in [7, 11) is 1.58. The van der Waals surface area contributed by atoms with Crippen LogP contribution in [-0.2, 0) is 15.3 Å². The summed E-state index contributed by atoms with van der Waals surface area (Å²) in [5.74, 6) is 0.524.